The van der Waals surface area contributed by atoms with Crippen molar-refractivity contribution in [2.45, 2.75) is 72.8 Å². The van der Waals surface area contributed by atoms with Crippen LogP contribution in [0.3, 0.4) is 0 Å². The van der Waals surface area contributed by atoms with Crippen molar-refractivity contribution in [2.24, 2.45) is 29.4 Å². The Morgan fingerprint density at radius 1 is 1.10 bits per heavy atom. The highest BCUT2D eigenvalue weighted by Crippen LogP contribution is 2.29. The summed E-state index contributed by atoms with van der Waals surface area (Å²) in [5.41, 5.74) is 6.24. The highest BCUT2D eigenvalue weighted by molar-refractivity contribution is 5.79. The van der Waals surface area contributed by atoms with Crippen molar-refractivity contribution in [1.29, 1.82) is 0 Å². The van der Waals surface area contributed by atoms with E-state index >= 15 is 0 Å². The van der Waals surface area contributed by atoms with Crippen LogP contribution in [0, 0.1) is 23.7 Å². The fourth-order valence-corrected chi connectivity index (χ4v) is 3.08. The van der Waals surface area contributed by atoms with Crippen LogP contribution in [0.4, 0.5) is 0 Å². The predicted molar refractivity (Wildman–Crippen MR) is 90.0 cm³/mol. The van der Waals surface area contributed by atoms with E-state index in [1.807, 2.05) is 0 Å². The maximum absolute atomic E-state index is 12.9. The van der Waals surface area contributed by atoms with E-state index < -0.39 is 0 Å². The molecule has 0 heterocycles. The highest BCUT2D eigenvalue weighted by atomic mass is 16.2. The first kappa shape index (κ1) is 18.5. The fraction of sp³-hybridized carbons (Fsp3) is 0.944. The van der Waals surface area contributed by atoms with Crippen molar-refractivity contribution < 1.29 is 4.79 Å². The van der Waals surface area contributed by atoms with Crippen molar-refractivity contribution in [3.63, 3.8) is 0 Å². The standard InChI is InChI=1S/C18H36N2O/c1-13(2)8-10-20(11-9-14(3)4)18(21)16-12-15(5)6-7-17(16)19/h13-17H,6-12,19H2,1-5H3. The van der Waals surface area contributed by atoms with Gasteiger partial charge >= 0.3 is 0 Å². The molecular formula is C18H36N2O. The molecule has 3 nitrogen and oxygen atoms in total. The number of nitrogens with zero attached hydrogens (tertiary/aromatic N) is 1. The molecular weight excluding hydrogens is 260 g/mol. The average molecular weight is 296 g/mol. The number of nitrogens with two attached hydrogens (primary N) is 1. The lowest BCUT2D eigenvalue weighted by molar-refractivity contribution is -0.138. The zero-order valence-corrected chi connectivity index (χ0v) is 14.8. The normalized spacial score (nSPS) is 26.4. The Bertz CT molecular complexity index is 302. The van der Waals surface area contributed by atoms with E-state index in [0.29, 0.717) is 23.7 Å². The topological polar surface area (TPSA) is 46.3 Å². The van der Waals surface area contributed by atoms with Crippen LogP contribution in [0.5, 0.6) is 0 Å². The summed E-state index contributed by atoms with van der Waals surface area (Å²) in [5, 5.41) is 0. The minimum Gasteiger partial charge on any atom is -0.342 e. The summed E-state index contributed by atoms with van der Waals surface area (Å²) in [4.78, 5) is 15.0. The zero-order chi connectivity index (χ0) is 16.0. The minimum absolute atomic E-state index is 0.0491. The van der Waals surface area contributed by atoms with Crippen LogP contribution < -0.4 is 5.73 Å². The Morgan fingerprint density at radius 2 is 1.62 bits per heavy atom. The number of carbonyl (C=O) groups is 1. The highest BCUT2D eigenvalue weighted by Gasteiger charge is 2.34. The van der Waals surface area contributed by atoms with Gasteiger partial charge < -0.3 is 10.6 Å². The number of hydrogen-bond acceptors (Lipinski definition) is 2. The Morgan fingerprint density at radius 3 is 2.10 bits per heavy atom. The number of rotatable bonds is 7. The fourth-order valence-electron chi connectivity index (χ4n) is 3.08. The van der Waals surface area contributed by atoms with Gasteiger partial charge in [-0.1, -0.05) is 34.6 Å². The summed E-state index contributed by atoms with van der Waals surface area (Å²) < 4.78 is 0. The lowest BCUT2D eigenvalue weighted by Gasteiger charge is -2.36. The molecule has 0 aliphatic heterocycles. The zero-order valence-electron chi connectivity index (χ0n) is 14.8. The van der Waals surface area contributed by atoms with Crippen LogP contribution in [0.2, 0.25) is 0 Å². The molecule has 2 N–H and O–H groups in total. The smallest absolute Gasteiger partial charge is 0.227 e. The van der Waals surface area contributed by atoms with Gasteiger partial charge in [-0.2, -0.15) is 0 Å². The quantitative estimate of drug-likeness (QED) is 0.779. The molecule has 3 atom stereocenters. The van der Waals surface area contributed by atoms with Gasteiger partial charge in [0.25, 0.3) is 0 Å². The van der Waals surface area contributed by atoms with Crippen LogP contribution in [-0.4, -0.2) is 29.9 Å². The summed E-state index contributed by atoms with van der Waals surface area (Å²) in [5.74, 6) is 2.27. The molecule has 124 valence electrons. The second-order valence-electron chi connectivity index (χ2n) is 7.88. The minimum atomic E-state index is 0.0491. The van der Waals surface area contributed by atoms with E-state index in [4.69, 9.17) is 5.73 Å². The third-order valence-corrected chi connectivity index (χ3v) is 4.75. The van der Waals surface area contributed by atoms with E-state index in [-0.39, 0.29) is 12.0 Å². The van der Waals surface area contributed by atoms with Crippen molar-refractivity contribution in [2.75, 3.05) is 13.1 Å². The van der Waals surface area contributed by atoms with Crippen molar-refractivity contribution in [3.8, 4) is 0 Å². The monoisotopic (exact) mass is 296 g/mol. The molecule has 0 bridgehead atoms. The maximum Gasteiger partial charge on any atom is 0.227 e. The largest absolute Gasteiger partial charge is 0.342 e. The Kier molecular flexibility index (Phi) is 7.72. The maximum atomic E-state index is 12.9. The molecule has 21 heavy (non-hydrogen) atoms. The van der Waals surface area contributed by atoms with Gasteiger partial charge in [0.1, 0.15) is 0 Å². The molecule has 0 radical (unpaired) electrons. The molecule has 0 spiro atoms. The van der Waals surface area contributed by atoms with Crippen molar-refractivity contribution in [1.82, 2.24) is 4.90 Å². The van der Waals surface area contributed by atoms with E-state index in [9.17, 15) is 4.79 Å². The third kappa shape index (κ3) is 6.37. The van der Waals surface area contributed by atoms with E-state index in [1.165, 1.54) is 6.42 Å². The predicted octanol–water partition coefficient (Wildman–Crippen LogP) is 3.67. The lowest BCUT2D eigenvalue weighted by atomic mass is 9.78. The second kappa shape index (κ2) is 8.77. The van der Waals surface area contributed by atoms with Crippen molar-refractivity contribution >= 4 is 5.91 Å². The van der Waals surface area contributed by atoms with Gasteiger partial charge in [-0.05, 0) is 49.9 Å². The Hall–Kier alpha value is -0.570. The molecule has 1 aliphatic rings. The molecule has 3 heteroatoms. The van der Waals surface area contributed by atoms with Gasteiger partial charge in [0.05, 0.1) is 5.92 Å². The van der Waals surface area contributed by atoms with Gasteiger partial charge in [-0.25, -0.2) is 0 Å². The van der Waals surface area contributed by atoms with Crippen LogP contribution in [0.25, 0.3) is 0 Å². The first-order valence-electron chi connectivity index (χ1n) is 8.85. The molecule has 1 amide bonds. The van der Waals surface area contributed by atoms with Crippen LogP contribution in [0.15, 0.2) is 0 Å². The van der Waals surface area contributed by atoms with E-state index in [2.05, 4.69) is 39.5 Å². The van der Waals surface area contributed by atoms with E-state index in [0.717, 1.165) is 38.8 Å². The van der Waals surface area contributed by atoms with Gasteiger partial charge in [-0.15, -0.1) is 0 Å². The second-order valence-corrected chi connectivity index (χ2v) is 7.88. The van der Waals surface area contributed by atoms with Gasteiger partial charge in [0.15, 0.2) is 0 Å². The molecule has 0 aromatic rings. The first-order valence-corrected chi connectivity index (χ1v) is 8.85. The average Bonchev–Trinajstić information content (AvgIpc) is 2.40. The van der Waals surface area contributed by atoms with Gasteiger partial charge in [0, 0.05) is 19.1 Å². The summed E-state index contributed by atoms with van der Waals surface area (Å²) in [6, 6.07) is 0.0642. The lowest BCUT2D eigenvalue weighted by Crippen LogP contribution is -2.47. The van der Waals surface area contributed by atoms with Gasteiger partial charge in [-0.3, -0.25) is 4.79 Å². The molecule has 1 rings (SSSR count). The summed E-state index contributed by atoms with van der Waals surface area (Å²) in [7, 11) is 0. The van der Waals surface area contributed by atoms with Crippen LogP contribution in [0.1, 0.15) is 66.7 Å². The summed E-state index contributed by atoms with van der Waals surface area (Å²) >= 11 is 0. The Labute approximate surface area is 131 Å². The first-order chi connectivity index (χ1) is 9.81. The molecule has 0 aromatic heterocycles. The molecule has 3 unspecified atom stereocenters. The van der Waals surface area contributed by atoms with Crippen LogP contribution in [-0.2, 0) is 4.79 Å². The molecule has 0 aromatic carbocycles. The third-order valence-electron chi connectivity index (χ3n) is 4.75. The van der Waals surface area contributed by atoms with Gasteiger partial charge in [0.2, 0.25) is 5.91 Å². The number of amides is 1. The summed E-state index contributed by atoms with van der Waals surface area (Å²) in [6.45, 7) is 12.9. The Balaban J connectivity index is 2.67. The molecule has 1 fully saturated rings. The number of carbonyl (C=O) groups excluding carboxylic acids is 1. The van der Waals surface area contributed by atoms with Crippen LogP contribution >= 0.6 is 0 Å². The molecule has 0 saturated heterocycles. The number of hydrogen-bond donors (Lipinski definition) is 1. The van der Waals surface area contributed by atoms with E-state index in [1.54, 1.807) is 0 Å². The summed E-state index contributed by atoms with van der Waals surface area (Å²) in [6.07, 6.45) is 5.31. The van der Waals surface area contributed by atoms with Crippen molar-refractivity contribution in [3.05, 3.63) is 0 Å². The molecule has 1 saturated carbocycles. The SMILES string of the molecule is CC(C)CCN(CCC(C)C)C(=O)C1CC(C)CCC1N. The molecule has 1 aliphatic carbocycles.